The van der Waals surface area contributed by atoms with Crippen LogP contribution in [0.3, 0.4) is 0 Å². The third kappa shape index (κ3) is 1.14. The van der Waals surface area contributed by atoms with Crippen LogP contribution in [0.15, 0.2) is 6.33 Å². The van der Waals surface area contributed by atoms with Crippen molar-refractivity contribution < 1.29 is 4.92 Å². The largest absolute Gasteiger partial charge is 0.406 e. The molecule has 13 heavy (non-hydrogen) atoms. The molecule has 0 N–H and O–H groups in total. The monoisotopic (exact) mass is 182 g/mol. The second-order valence-electron chi connectivity index (χ2n) is 3.10. The summed E-state index contributed by atoms with van der Waals surface area (Å²) in [6.07, 6.45) is 2.58. The summed E-state index contributed by atoms with van der Waals surface area (Å²) in [6.45, 7) is 1.78. The molecule has 1 fully saturated rings. The molecule has 6 heteroatoms. The highest BCUT2D eigenvalue weighted by atomic mass is 16.6. The van der Waals surface area contributed by atoms with E-state index in [0.29, 0.717) is 5.82 Å². The van der Waals surface area contributed by atoms with Crippen molar-refractivity contribution in [3.63, 3.8) is 0 Å². The van der Waals surface area contributed by atoms with Crippen molar-refractivity contribution in [1.82, 2.24) is 9.55 Å². The third-order valence-electron chi connectivity index (χ3n) is 2.22. The molecule has 1 saturated heterocycles. The molecule has 1 aromatic rings. The van der Waals surface area contributed by atoms with Gasteiger partial charge in [-0.25, -0.2) is 0 Å². The first kappa shape index (κ1) is 8.03. The highest BCUT2D eigenvalue weighted by Gasteiger charge is 2.28. The van der Waals surface area contributed by atoms with Crippen LogP contribution in [0, 0.1) is 10.1 Å². The van der Waals surface area contributed by atoms with Gasteiger partial charge in [0, 0.05) is 20.1 Å². The lowest BCUT2D eigenvalue weighted by Gasteiger charge is -2.31. The summed E-state index contributed by atoms with van der Waals surface area (Å²) in [5, 5.41) is 10.6. The van der Waals surface area contributed by atoms with Gasteiger partial charge in [-0.05, 0) is 16.3 Å². The van der Waals surface area contributed by atoms with Crippen molar-refractivity contribution in [2.75, 3.05) is 18.0 Å². The molecular weight excluding hydrogens is 172 g/mol. The van der Waals surface area contributed by atoms with Gasteiger partial charge in [-0.2, -0.15) is 0 Å². The number of hydrogen-bond donors (Lipinski definition) is 0. The van der Waals surface area contributed by atoms with Crippen molar-refractivity contribution in [2.24, 2.45) is 7.05 Å². The van der Waals surface area contributed by atoms with E-state index in [4.69, 9.17) is 0 Å². The van der Waals surface area contributed by atoms with Crippen LogP contribution in [-0.2, 0) is 7.05 Å². The van der Waals surface area contributed by atoms with E-state index >= 15 is 0 Å². The normalized spacial score (nSPS) is 15.6. The van der Waals surface area contributed by atoms with Gasteiger partial charge in [0.05, 0.1) is 0 Å². The third-order valence-corrected chi connectivity index (χ3v) is 2.22. The molecule has 1 aliphatic rings. The molecule has 2 heterocycles. The van der Waals surface area contributed by atoms with Crippen molar-refractivity contribution in [2.45, 2.75) is 6.42 Å². The Morgan fingerprint density at radius 1 is 1.62 bits per heavy atom. The lowest BCUT2D eigenvalue weighted by atomic mass is 10.2. The van der Waals surface area contributed by atoms with Crippen LogP contribution in [0.1, 0.15) is 6.42 Å². The number of hydrogen-bond acceptors (Lipinski definition) is 4. The van der Waals surface area contributed by atoms with Crippen LogP contribution in [0.25, 0.3) is 0 Å². The second-order valence-corrected chi connectivity index (χ2v) is 3.10. The van der Waals surface area contributed by atoms with E-state index in [1.54, 1.807) is 11.6 Å². The highest BCUT2D eigenvalue weighted by molar-refractivity contribution is 5.55. The Bertz CT molecular complexity index is 342. The summed E-state index contributed by atoms with van der Waals surface area (Å²) in [6, 6.07) is 0. The Morgan fingerprint density at radius 3 is 2.77 bits per heavy atom. The predicted octanol–water partition coefficient (Wildman–Crippen LogP) is 0.538. The average Bonchev–Trinajstić information content (AvgIpc) is 2.30. The SMILES string of the molecule is Cn1cnc([N+](=O)[O-])c1N1CCC1. The Balaban J connectivity index is 2.39. The first-order chi connectivity index (χ1) is 6.20. The Morgan fingerprint density at radius 2 is 2.31 bits per heavy atom. The second kappa shape index (κ2) is 2.72. The van der Waals surface area contributed by atoms with Gasteiger partial charge in [-0.3, -0.25) is 4.57 Å². The van der Waals surface area contributed by atoms with Crippen LogP contribution < -0.4 is 4.90 Å². The Hall–Kier alpha value is -1.59. The fourth-order valence-corrected chi connectivity index (χ4v) is 1.43. The summed E-state index contributed by atoms with van der Waals surface area (Å²) < 4.78 is 1.69. The quantitative estimate of drug-likeness (QED) is 0.494. The molecule has 0 aliphatic carbocycles. The number of anilines is 1. The van der Waals surface area contributed by atoms with E-state index in [0.717, 1.165) is 19.5 Å². The molecule has 0 radical (unpaired) electrons. The summed E-state index contributed by atoms with van der Waals surface area (Å²) >= 11 is 0. The molecule has 0 atom stereocenters. The minimum atomic E-state index is -0.437. The molecule has 6 nitrogen and oxygen atoms in total. The van der Waals surface area contributed by atoms with Gasteiger partial charge >= 0.3 is 5.82 Å². The first-order valence-corrected chi connectivity index (χ1v) is 4.11. The van der Waals surface area contributed by atoms with Crippen LogP contribution in [0.4, 0.5) is 11.6 Å². The zero-order chi connectivity index (χ0) is 9.42. The van der Waals surface area contributed by atoms with E-state index in [1.807, 2.05) is 4.90 Å². The lowest BCUT2D eigenvalue weighted by Crippen LogP contribution is -2.38. The molecule has 0 bridgehead atoms. The molecule has 0 unspecified atom stereocenters. The maximum atomic E-state index is 10.6. The zero-order valence-electron chi connectivity index (χ0n) is 7.30. The van der Waals surface area contributed by atoms with Gasteiger partial charge in [0.1, 0.15) is 0 Å². The summed E-state index contributed by atoms with van der Waals surface area (Å²) in [5.74, 6) is 0.582. The van der Waals surface area contributed by atoms with E-state index in [2.05, 4.69) is 4.98 Å². The van der Waals surface area contributed by atoms with E-state index in [-0.39, 0.29) is 5.82 Å². The van der Waals surface area contributed by atoms with Gasteiger partial charge in [0.2, 0.25) is 12.1 Å². The molecule has 0 spiro atoms. The van der Waals surface area contributed by atoms with E-state index in [9.17, 15) is 10.1 Å². The van der Waals surface area contributed by atoms with Crippen molar-refractivity contribution in [3.05, 3.63) is 16.4 Å². The van der Waals surface area contributed by atoms with Gasteiger partial charge in [0.15, 0.2) is 0 Å². The van der Waals surface area contributed by atoms with Crippen LogP contribution >= 0.6 is 0 Å². The topological polar surface area (TPSA) is 64.2 Å². The van der Waals surface area contributed by atoms with Crippen LogP contribution in [0.2, 0.25) is 0 Å². The number of imidazole rings is 1. The number of nitro groups is 1. The molecule has 1 aliphatic heterocycles. The number of rotatable bonds is 2. The predicted molar refractivity (Wildman–Crippen MR) is 46.7 cm³/mol. The minimum absolute atomic E-state index is 0.0396. The molecule has 2 rings (SSSR count). The summed E-state index contributed by atoms with van der Waals surface area (Å²) in [5.41, 5.74) is 0. The zero-order valence-corrected chi connectivity index (χ0v) is 7.30. The van der Waals surface area contributed by atoms with Crippen LogP contribution in [0.5, 0.6) is 0 Å². The van der Waals surface area contributed by atoms with Crippen LogP contribution in [-0.4, -0.2) is 27.6 Å². The van der Waals surface area contributed by atoms with Gasteiger partial charge in [-0.15, -0.1) is 0 Å². The fraction of sp³-hybridized carbons (Fsp3) is 0.571. The number of aryl methyl sites for hydroxylation is 1. The van der Waals surface area contributed by atoms with Crippen molar-refractivity contribution in [1.29, 1.82) is 0 Å². The molecule has 1 aromatic heterocycles. The lowest BCUT2D eigenvalue weighted by molar-refractivity contribution is -0.388. The first-order valence-electron chi connectivity index (χ1n) is 4.11. The average molecular weight is 182 g/mol. The van der Waals surface area contributed by atoms with Gasteiger partial charge < -0.3 is 15.0 Å². The minimum Gasteiger partial charge on any atom is -0.358 e. The van der Waals surface area contributed by atoms with Crippen molar-refractivity contribution in [3.8, 4) is 0 Å². The van der Waals surface area contributed by atoms with Gasteiger partial charge in [-0.1, -0.05) is 0 Å². The molecule has 0 aromatic carbocycles. The molecule has 0 saturated carbocycles. The molecular formula is C7H10N4O2. The fourth-order valence-electron chi connectivity index (χ4n) is 1.43. The number of nitrogens with zero attached hydrogens (tertiary/aromatic N) is 4. The number of aromatic nitrogens is 2. The maximum Gasteiger partial charge on any atom is 0.406 e. The molecule has 0 amide bonds. The summed E-state index contributed by atoms with van der Waals surface area (Å²) in [7, 11) is 1.77. The van der Waals surface area contributed by atoms with E-state index in [1.165, 1.54) is 6.33 Å². The molecule has 70 valence electrons. The Kier molecular flexibility index (Phi) is 1.68. The standard InChI is InChI=1S/C7H10N4O2/c1-9-5-8-6(11(12)13)7(9)10-3-2-4-10/h5H,2-4H2,1H3. The van der Waals surface area contributed by atoms with Gasteiger partial charge in [0.25, 0.3) is 0 Å². The Labute approximate surface area is 74.9 Å². The van der Waals surface area contributed by atoms with E-state index < -0.39 is 4.92 Å². The summed E-state index contributed by atoms with van der Waals surface area (Å²) in [4.78, 5) is 15.8. The maximum absolute atomic E-state index is 10.6. The highest BCUT2D eigenvalue weighted by Crippen LogP contribution is 2.28. The van der Waals surface area contributed by atoms with Crippen molar-refractivity contribution >= 4 is 11.6 Å². The smallest absolute Gasteiger partial charge is 0.358 e.